The topological polar surface area (TPSA) is 42.4 Å². The van der Waals surface area contributed by atoms with E-state index in [0.29, 0.717) is 30.3 Å². The van der Waals surface area contributed by atoms with E-state index in [9.17, 15) is 4.79 Å². The predicted molar refractivity (Wildman–Crippen MR) is 91.5 cm³/mol. The van der Waals surface area contributed by atoms with E-state index in [1.807, 2.05) is 26.0 Å². The van der Waals surface area contributed by atoms with Crippen LogP contribution in [0.3, 0.4) is 0 Å². The predicted octanol–water partition coefficient (Wildman–Crippen LogP) is 3.94. The first-order chi connectivity index (χ1) is 11.1. The first kappa shape index (κ1) is 17.3. The van der Waals surface area contributed by atoms with Gasteiger partial charge in [0.05, 0.1) is 0 Å². The maximum atomic E-state index is 12.7. The number of ether oxygens (including phenoxy) is 1. The average molecular weight is 333 g/mol. The molecule has 0 aliphatic heterocycles. The summed E-state index contributed by atoms with van der Waals surface area (Å²) in [5.74, 6) is 0.635. The van der Waals surface area contributed by atoms with E-state index in [4.69, 9.17) is 16.3 Å². The van der Waals surface area contributed by atoms with Crippen molar-refractivity contribution in [1.29, 1.82) is 0 Å². The molecular weight excluding hydrogens is 312 g/mol. The SMILES string of the molecule is CCC(Oc1ccc(Cl)cc1)C(=O)N(CC)Cc1ccncc1. The summed E-state index contributed by atoms with van der Waals surface area (Å²) in [6.45, 7) is 5.09. The first-order valence-corrected chi connectivity index (χ1v) is 8.11. The molecule has 4 nitrogen and oxygen atoms in total. The van der Waals surface area contributed by atoms with Gasteiger partial charge in [0.2, 0.25) is 0 Å². The van der Waals surface area contributed by atoms with E-state index in [1.165, 1.54) is 0 Å². The molecule has 0 fully saturated rings. The summed E-state index contributed by atoms with van der Waals surface area (Å²) in [5, 5.41) is 0.643. The zero-order valence-electron chi connectivity index (χ0n) is 13.4. The fourth-order valence-electron chi connectivity index (χ4n) is 2.24. The molecular formula is C18H21ClN2O2. The minimum Gasteiger partial charge on any atom is -0.481 e. The molecule has 1 unspecified atom stereocenters. The van der Waals surface area contributed by atoms with Gasteiger partial charge >= 0.3 is 0 Å². The Hall–Kier alpha value is -2.07. The van der Waals surface area contributed by atoms with Crippen molar-refractivity contribution in [2.75, 3.05) is 6.54 Å². The molecule has 2 aromatic rings. The molecule has 1 amide bonds. The van der Waals surface area contributed by atoms with Crippen LogP contribution in [-0.4, -0.2) is 28.4 Å². The zero-order valence-corrected chi connectivity index (χ0v) is 14.2. The molecule has 5 heteroatoms. The van der Waals surface area contributed by atoms with Gasteiger partial charge in [-0.1, -0.05) is 18.5 Å². The van der Waals surface area contributed by atoms with Crippen molar-refractivity contribution in [3.8, 4) is 5.75 Å². The van der Waals surface area contributed by atoms with Gasteiger partial charge in [-0.15, -0.1) is 0 Å². The van der Waals surface area contributed by atoms with Crippen molar-refractivity contribution >= 4 is 17.5 Å². The van der Waals surface area contributed by atoms with E-state index in [2.05, 4.69) is 4.98 Å². The summed E-state index contributed by atoms with van der Waals surface area (Å²) in [4.78, 5) is 18.5. The van der Waals surface area contributed by atoms with Crippen LogP contribution < -0.4 is 4.74 Å². The Kier molecular flexibility index (Phi) is 6.41. The normalized spacial score (nSPS) is 11.8. The van der Waals surface area contributed by atoms with Crippen molar-refractivity contribution in [1.82, 2.24) is 9.88 Å². The molecule has 0 aliphatic rings. The standard InChI is InChI=1S/C18H21ClN2O2/c1-3-17(23-16-7-5-15(19)6-8-16)18(22)21(4-2)13-14-9-11-20-12-10-14/h5-12,17H,3-4,13H2,1-2H3. The van der Waals surface area contributed by atoms with Crippen molar-refractivity contribution in [2.24, 2.45) is 0 Å². The number of carbonyl (C=O) groups is 1. The van der Waals surface area contributed by atoms with Crippen LogP contribution in [0.25, 0.3) is 0 Å². The molecule has 0 aliphatic carbocycles. The third-order valence-corrected chi connectivity index (χ3v) is 3.81. The lowest BCUT2D eigenvalue weighted by molar-refractivity contribution is -0.139. The smallest absolute Gasteiger partial charge is 0.263 e. The second kappa shape index (κ2) is 8.53. The Bertz CT molecular complexity index is 617. The van der Waals surface area contributed by atoms with Crippen molar-refractivity contribution < 1.29 is 9.53 Å². The van der Waals surface area contributed by atoms with E-state index >= 15 is 0 Å². The summed E-state index contributed by atoms with van der Waals surface area (Å²) < 4.78 is 5.84. The number of rotatable bonds is 7. The maximum Gasteiger partial charge on any atom is 0.263 e. The Morgan fingerprint density at radius 3 is 2.39 bits per heavy atom. The van der Waals surface area contributed by atoms with Gasteiger partial charge in [0.25, 0.3) is 5.91 Å². The highest BCUT2D eigenvalue weighted by atomic mass is 35.5. The molecule has 23 heavy (non-hydrogen) atoms. The molecule has 1 atom stereocenters. The number of benzene rings is 1. The minimum absolute atomic E-state index is 0.0123. The minimum atomic E-state index is -0.502. The van der Waals surface area contributed by atoms with Crippen LogP contribution in [0.15, 0.2) is 48.8 Å². The largest absolute Gasteiger partial charge is 0.481 e. The second-order valence-corrected chi connectivity index (χ2v) is 5.61. The molecule has 0 N–H and O–H groups in total. The van der Waals surface area contributed by atoms with E-state index in [-0.39, 0.29) is 5.91 Å². The summed E-state index contributed by atoms with van der Waals surface area (Å²) in [7, 11) is 0. The molecule has 2 rings (SSSR count). The number of halogens is 1. The van der Waals surface area contributed by atoms with Gasteiger partial charge in [0.1, 0.15) is 5.75 Å². The van der Waals surface area contributed by atoms with Crippen LogP contribution in [0.4, 0.5) is 0 Å². The number of aromatic nitrogens is 1. The summed E-state index contributed by atoms with van der Waals surface area (Å²) in [6, 6.07) is 10.9. The third kappa shape index (κ3) is 4.96. The van der Waals surface area contributed by atoms with Gasteiger partial charge < -0.3 is 9.64 Å². The molecule has 1 heterocycles. The molecule has 0 spiro atoms. The van der Waals surface area contributed by atoms with Gasteiger partial charge in [0, 0.05) is 30.5 Å². The third-order valence-electron chi connectivity index (χ3n) is 3.55. The Labute approximate surface area is 142 Å². The van der Waals surface area contributed by atoms with Crippen molar-refractivity contribution in [3.63, 3.8) is 0 Å². The molecule has 122 valence electrons. The van der Waals surface area contributed by atoms with Gasteiger partial charge in [0.15, 0.2) is 6.10 Å². The number of hydrogen-bond donors (Lipinski definition) is 0. The lowest BCUT2D eigenvalue weighted by Gasteiger charge is -2.26. The molecule has 0 saturated heterocycles. The Balaban J connectivity index is 2.05. The zero-order chi connectivity index (χ0) is 16.7. The Morgan fingerprint density at radius 1 is 1.17 bits per heavy atom. The van der Waals surface area contributed by atoms with Crippen LogP contribution in [0, 0.1) is 0 Å². The quantitative estimate of drug-likeness (QED) is 0.771. The van der Waals surface area contributed by atoms with Crippen molar-refractivity contribution in [2.45, 2.75) is 32.9 Å². The first-order valence-electron chi connectivity index (χ1n) is 7.74. The second-order valence-electron chi connectivity index (χ2n) is 5.18. The number of likely N-dealkylation sites (N-methyl/N-ethyl adjacent to an activating group) is 1. The van der Waals surface area contributed by atoms with E-state index in [0.717, 1.165) is 5.56 Å². The number of amides is 1. The monoisotopic (exact) mass is 332 g/mol. The van der Waals surface area contributed by atoms with Crippen LogP contribution >= 0.6 is 11.6 Å². The molecule has 1 aromatic heterocycles. The Morgan fingerprint density at radius 2 is 1.83 bits per heavy atom. The molecule has 0 saturated carbocycles. The summed E-state index contributed by atoms with van der Waals surface area (Å²) >= 11 is 5.87. The van der Waals surface area contributed by atoms with Gasteiger partial charge in [-0.25, -0.2) is 0 Å². The highest BCUT2D eigenvalue weighted by Gasteiger charge is 2.23. The molecule has 0 bridgehead atoms. The molecule has 1 aromatic carbocycles. The highest BCUT2D eigenvalue weighted by Crippen LogP contribution is 2.19. The van der Waals surface area contributed by atoms with Crippen LogP contribution in [0.1, 0.15) is 25.8 Å². The molecule has 0 radical (unpaired) electrons. The lowest BCUT2D eigenvalue weighted by atomic mass is 10.2. The van der Waals surface area contributed by atoms with Crippen molar-refractivity contribution in [3.05, 3.63) is 59.4 Å². The fourth-order valence-corrected chi connectivity index (χ4v) is 2.37. The number of carbonyl (C=O) groups excluding carboxylic acids is 1. The van der Waals surface area contributed by atoms with E-state index < -0.39 is 6.10 Å². The van der Waals surface area contributed by atoms with Gasteiger partial charge in [-0.3, -0.25) is 9.78 Å². The van der Waals surface area contributed by atoms with Crippen LogP contribution in [0.2, 0.25) is 5.02 Å². The van der Waals surface area contributed by atoms with E-state index in [1.54, 1.807) is 41.6 Å². The lowest BCUT2D eigenvalue weighted by Crippen LogP contribution is -2.41. The summed E-state index contributed by atoms with van der Waals surface area (Å²) in [6.07, 6.45) is 3.57. The highest BCUT2D eigenvalue weighted by molar-refractivity contribution is 6.30. The number of hydrogen-bond acceptors (Lipinski definition) is 3. The number of nitrogens with zero attached hydrogens (tertiary/aromatic N) is 2. The summed E-state index contributed by atoms with van der Waals surface area (Å²) in [5.41, 5.74) is 1.05. The maximum absolute atomic E-state index is 12.7. The average Bonchev–Trinajstić information content (AvgIpc) is 2.59. The van der Waals surface area contributed by atoms with Gasteiger partial charge in [-0.2, -0.15) is 0 Å². The van der Waals surface area contributed by atoms with Crippen LogP contribution in [-0.2, 0) is 11.3 Å². The number of pyridine rings is 1. The van der Waals surface area contributed by atoms with Gasteiger partial charge in [-0.05, 0) is 55.3 Å². The van der Waals surface area contributed by atoms with Crippen LogP contribution in [0.5, 0.6) is 5.75 Å². The fraction of sp³-hybridized carbons (Fsp3) is 0.333.